The van der Waals surface area contributed by atoms with Gasteiger partial charge in [-0.3, -0.25) is 9.59 Å². The first-order valence-corrected chi connectivity index (χ1v) is 7.14. The molecule has 1 aromatic carbocycles. The Hall–Kier alpha value is -1.84. The van der Waals surface area contributed by atoms with E-state index in [0.29, 0.717) is 17.4 Å². The second-order valence-corrected chi connectivity index (χ2v) is 5.33. The summed E-state index contributed by atoms with van der Waals surface area (Å²) in [5.74, 6) is 0.542. The molecule has 20 heavy (non-hydrogen) atoms. The highest BCUT2D eigenvalue weighted by Crippen LogP contribution is 2.18. The second-order valence-electron chi connectivity index (χ2n) is 5.33. The minimum absolute atomic E-state index is 0.0172. The molecule has 0 spiro atoms. The molecule has 1 saturated carbocycles. The van der Waals surface area contributed by atoms with Crippen LogP contribution in [0.1, 0.15) is 49.9 Å². The Morgan fingerprint density at radius 1 is 1.20 bits per heavy atom. The van der Waals surface area contributed by atoms with E-state index in [2.05, 4.69) is 5.32 Å². The van der Waals surface area contributed by atoms with Crippen molar-refractivity contribution in [3.63, 3.8) is 0 Å². The van der Waals surface area contributed by atoms with Gasteiger partial charge in [-0.15, -0.1) is 0 Å². The highest BCUT2D eigenvalue weighted by atomic mass is 16.5. The van der Waals surface area contributed by atoms with E-state index in [1.54, 1.807) is 31.2 Å². The van der Waals surface area contributed by atoms with E-state index in [4.69, 9.17) is 4.74 Å². The fourth-order valence-electron chi connectivity index (χ4n) is 2.41. The first-order chi connectivity index (χ1) is 9.56. The number of rotatable bonds is 5. The van der Waals surface area contributed by atoms with Crippen molar-refractivity contribution in [3.05, 3.63) is 29.8 Å². The summed E-state index contributed by atoms with van der Waals surface area (Å²) < 4.78 is 5.60. The number of hydrogen-bond donors (Lipinski definition) is 1. The molecule has 0 aromatic heterocycles. The highest BCUT2D eigenvalue weighted by molar-refractivity contribution is 5.94. The third kappa shape index (κ3) is 3.83. The van der Waals surface area contributed by atoms with E-state index in [-0.39, 0.29) is 11.7 Å². The number of nitrogens with one attached hydrogen (secondary N) is 1. The third-order valence-electron chi connectivity index (χ3n) is 3.64. The molecule has 4 nitrogen and oxygen atoms in total. The minimum atomic E-state index is -0.529. The first kappa shape index (κ1) is 14.6. The lowest BCUT2D eigenvalue weighted by Crippen LogP contribution is -2.41. The Labute approximate surface area is 119 Å². The SMILES string of the molecule is CC(=O)c1ccc(OC(C)C(=O)NC2CCCC2)cc1. The smallest absolute Gasteiger partial charge is 0.260 e. The van der Waals surface area contributed by atoms with Gasteiger partial charge >= 0.3 is 0 Å². The summed E-state index contributed by atoms with van der Waals surface area (Å²) in [5.41, 5.74) is 0.639. The van der Waals surface area contributed by atoms with E-state index in [1.165, 1.54) is 19.8 Å². The van der Waals surface area contributed by atoms with Crippen LogP contribution in [0.5, 0.6) is 5.75 Å². The van der Waals surface area contributed by atoms with E-state index in [0.717, 1.165) is 12.8 Å². The van der Waals surface area contributed by atoms with Gasteiger partial charge in [0.05, 0.1) is 0 Å². The van der Waals surface area contributed by atoms with Crippen molar-refractivity contribution >= 4 is 11.7 Å². The summed E-state index contributed by atoms with van der Waals surface area (Å²) >= 11 is 0. The molecule has 108 valence electrons. The average molecular weight is 275 g/mol. The molecule has 4 heteroatoms. The van der Waals surface area contributed by atoms with Crippen molar-refractivity contribution in [3.8, 4) is 5.75 Å². The van der Waals surface area contributed by atoms with E-state index < -0.39 is 6.10 Å². The van der Waals surface area contributed by atoms with Gasteiger partial charge in [0.2, 0.25) is 0 Å². The average Bonchev–Trinajstić information content (AvgIpc) is 2.92. The third-order valence-corrected chi connectivity index (χ3v) is 3.64. The molecule has 1 atom stereocenters. The van der Waals surface area contributed by atoms with Gasteiger partial charge in [-0.2, -0.15) is 0 Å². The van der Waals surface area contributed by atoms with Crippen LogP contribution < -0.4 is 10.1 Å². The molecular formula is C16H21NO3. The Kier molecular flexibility index (Phi) is 4.77. The van der Waals surface area contributed by atoms with Gasteiger partial charge in [0.15, 0.2) is 11.9 Å². The number of carbonyl (C=O) groups is 2. The maximum absolute atomic E-state index is 12.0. The quantitative estimate of drug-likeness (QED) is 0.841. The number of ether oxygens (including phenoxy) is 1. The normalized spacial score (nSPS) is 16.7. The van der Waals surface area contributed by atoms with Gasteiger partial charge in [-0.25, -0.2) is 0 Å². The second kappa shape index (κ2) is 6.55. The van der Waals surface area contributed by atoms with E-state index >= 15 is 0 Å². The zero-order valence-electron chi connectivity index (χ0n) is 12.0. The molecule has 2 rings (SSSR count). The Morgan fingerprint density at radius 2 is 1.80 bits per heavy atom. The molecule has 0 bridgehead atoms. The van der Waals surface area contributed by atoms with E-state index in [9.17, 15) is 9.59 Å². The maximum atomic E-state index is 12.0. The van der Waals surface area contributed by atoms with Gasteiger partial charge < -0.3 is 10.1 Å². The van der Waals surface area contributed by atoms with Gasteiger partial charge in [0.1, 0.15) is 5.75 Å². The molecule has 1 N–H and O–H groups in total. The molecule has 1 aliphatic carbocycles. The van der Waals surface area contributed by atoms with Crippen molar-refractivity contribution in [2.24, 2.45) is 0 Å². The summed E-state index contributed by atoms with van der Waals surface area (Å²) in [6.07, 6.45) is 3.97. The number of carbonyl (C=O) groups excluding carboxylic acids is 2. The lowest BCUT2D eigenvalue weighted by atomic mass is 10.1. The zero-order valence-corrected chi connectivity index (χ0v) is 12.0. The van der Waals surface area contributed by atoms with Crippen molar-refractivity contribution in [2.75, 3.05) is 0 Å². The van der Waals surface area contributed by atoms with Crippen molar-refractivity contribution in [2.45, 2.75) is 51.7 Å². The number of Topliss-reactive ketones (excluding diaryl/α,β-unsaturated/α-hetero) is 1. The molecule has 1 amide bonds. The van der Waals surface area contributed by atoms with Gasteiger partial charge in [-0.05, 0) is 51.0 Å². The maximum Gasteiger partial charge on any atom is 0.260 e. The Morgan fingerprint density at radius 3 is 2.35 bits per heavy atom. The highest BCUT2D eigenvalue weighted by Gasteiger charge is 2.21. The molecule has 1 aromatic rings. The largest absolute Gasteiger partial charge is 0.481 e. The van der Waals surface area contributed by atoms with E-state index in [1.807, 2.05) is 0 Å². The lowest BCUT2D eigenvalue weighted by molar-refractivity contribution is -0.127. The predicted octanol–water partition coefficient (Wildman–Crippen LogP) is 2.72. The lowest BCUT2D eigenvalue weighted by Gasteiger charge is -2.18. The standard InChI is InChI=1S/C16H21NO3/c1-11(18)13-7-9-15(10-8-13)20-12(2)16(19)17-14-5-3-4-6-14/h7-10,12,14H,3-6H2,1-2H3,(H,17,19). The summed E-state index contributed by atoms with van der Waals surface area (Å²) in [6, 6.07) is 7.15. The Balaban J connectivity index is 1.87. The van der Waals surface area contributed by atoms with Crippen LogP contribution in [0.3, 0.4) is 0 Å². The van der Waals surface area contributed by atoms with Crippen LogP contribution in [-0.4, -0.2) is 23.8 Å². The monoisotopic (exact) mass is 275 g/mol. The van der Waals surface area contributed by atoms with Crippen molar-refractivity contribution in [1.82, 2.24) is 5.32 Å². The summed E-state index contributed by atoms with van der Waals surface area (Å²) in [7, 11) is 0. The number of hydrogen-bond acceptors (Lipinski definition) is 3. The number of ketones is 1. The van der Waals surface area contributed by atoms with Crippen LogP contribution in [0.4, 0.5) is 0 Å². The van der Waals surface area contributed by atoms with Gasteiger partial charge in [0, 0.05) is 11.6 Å². The summed E-state index contributed by atoms with van der Waals surface area (Å²) in [4.78, 5) is 23.2. The van der Waals surface area contributed by atoms with Crippen LogP contribution in [0, 0.1) is 0 Å². The van der Waals surface area contributed by atoms with Crippen LogP contribution in [-0.2, 0) is 4.79 Å². The van der Waals surface area contributed by atoms with Crippen LogP contribution >= 0.6 is 0 Å². The Bertz CT molecular complexity index is 475. The molecule has 0 saturated heterocycles. The van der Waals surface area contributed by atoms with Crippen LogP contribution in [0.25, 0.3) is 0 Å². The van der Waals surface area contributed by atoms with Crippen molar-refractivity contribution in [1.29, 1.82) is 0 Å². The fraction of sp³-hybridized carbons (Fsp3) is 0.500. The minimum Gasteiger partial charge on any atom is -0.481 e. The summed E-state index contributed by atoms with van der Waals surface area (Å²) in [5, 5.41) is 3.01. The molecule has 0 radical (unpaired) electrons. The molecule has 0 aliphatic heterocycles. The molecule has 0 heterocycles. The molecule has 1 unspecified atom stereocenters. The topological polar surface area (TPSA) is 55.4 Å². The summed E-state index contributed by atoms with van der Waals surface area (Å²) in [6.45, 7) is 3.26. The number of benzene rings is 1. The molecule has 1 fully saturated rings. The predicted molar refractivity (Wildman–Crippen MR) is 76.9 cm³/mol. The first-order valence-electron chi connectivity index (χ1n) is 7.14. The van der Waals surface area contributed by atoms with Crippen molar-refractivity contribution < 1.29 is 14.3 Å². The van der Waals surface area contributed by atoms with Crippen LogP contribution in [0.15, 0.2) is 24.3 Å². The van der Waals surface area contributed by atoms with Crippen LogP contribution in [0.2, 0.25) is 0 Å². The van der Waals surface area contributed by atoms with Gasteiger partial charge in [-0.1, -0.05) is 12.8 Å². The fourth-order valence-corrected chi connectivity index (χ4v) is 2.41. The van der Waals surface area contributed by atoms with Gasteiger partial charge in [0.25, 0.3) is 5.91 Å². The molecule has 1 aliphatic rings. The number of amides is 1. The zero-order chi connectivity index (χ0) is 14.5. The molecular weight excluding hydrogens is 254 g/mol.